The Balaban J connectivity index is 2.27. The van der Waals surface area contributed by atoms with Crippen molar-refractivity contribution in [3.05, 3.63) is 57.8 Å². The van der Waals surface area contributed by atoms with Crippen LogP contribution in [0.3, 0.4) is 0 Å². The Labute approximate surface area is 115 Å². The number of halogens is 1. The molecule has 5 nitrogen and oxygen atoms in total. The summed E-state index contributed by atoms with van der Waals surface area (Å²) >= 11 is 0. The van der Waals surface area contributed by atoms with E-state index in [1.807, 2.05) is 13.0 Å². The van der Waals surface area contributed by atoms with Gasteiger partial charge in [0.15, 0.2) is 0 Å². The molecule has 0 radical (unpaired) electrons. The lowest BCUT2D eigenvalue weighted by atomic mass is 10.1. The minimum atomic E-state index is -0.520. The van der Waals surface area contributed by atoms with Crippen LogP contribution in [0.2, 0.25) is 0 Å². The highest BCUT2D eigenvalue weighted by atomic mass is 19.1. The molecule has 1 aromatic carbocycles. The molecule has 2 aromatic rings. The monoisotopic (exact) mass is 272 g/mol. The zero-order valence-electron chi connectivity index (χ0n) is 10.9. The molecule has 0 aliphatic rings. The number of nitrogens with zero attached hydrogens (tertiary/aromatic N) is 3. The van der Waals surface area contributed by atoms with Gasteiger partial charge in [-0.2, -0.15) is 10.4 Å². The first-order valence-corrected chi connectivity index (χ1v) is 6.13. The maximum atomic E-state index is 13.7. The number of aromatic nitrogens is 2. The summed E-state index contributed by atoms with van der Waals surface area (Å²) in [6.45, 7) is 2.63. The topological polar surface area (TPSA) is 70.7 Å². The minimum absolute atomic E-state index is 0.0305. The van der Waals surface area contributed by atoms with Crippen molar-refractivity contribution in [2.24, 2.45) is 0 Å². The Hall–Kier alpha value is -2.68. The average Bonchev–Trinajstić information content (AvgIpc) is 2.44. The second kappa shape index (κ2) is 5.97. The fourth-order valence-corrected chi connectivity index (χ4v) is 1.76. The minimum Gasteiger partial charge on any atom is -0.384 e. The van der Waals surface area contributed by atoms with Gasteiger partial charge in [-0.05, 0) is 19.1 Å². The van der Waals surface area contributed by atoms with Gasteiger partial charge in [-0.3, -0.25) is 4.79 Å². The lowest BCUT2D eigenvalue weighted by Gasteiger charge is -2.07. The zero-order valence-corrected chi connectivity index (χ0v) is 10.9. The highest BCUT2D eigenvalue weighted by molar-refractivity contribution is 5.38. The van der Waals surface area contributed by atoms with Crippen LogP contribution in [0.1, 0.15) is 18.1 Å². The van der Waals surface area contributed by atoms with Crippen LogP contribution >= 0.6 is 0 Å². The molecule has 6 heteroatoms. The number of benzene rings is 1. The van der Waals surface area contributed by atoms with Gasteiger partial charge < -0.3 is 5.32 Å². The van der Waals surface area contributed by atoms with Gasteiger partial charge >= 0.3 is 0 Å². The van der Waals surface area contributed by atoms with Crippen molar-refractivity contribution in [3.8, 4) is 6.07 Å². The van der Waals surface area contributed by atoms with E-state index in [9.17, 15) is 9.18 Å². The molecular formula is C14H13FN4O. The Morgan fingerprint density at radius 1 is 1.45 bits per heavy atom. The number of nitriles is 1. The molecule has 0 atom stereocenters. The van der Waals surface area contributed by atoms with Crippen LogP contribution in [-0.4, -0.2) is 16.3 Å². The molecule has 0 unspecified atom stereocenters. The lowest BCUT2D eigenvalue weighted by Crippen LogP contribution is -2.23. The molecule has 102 valence electrons. The van der Waals surface area contributed by atoms with E-state index in [2.05, 4.69) is 10.4 Å². The zero-order chi connectivity index (χ0) is 14.5. The summed E-state index contributed by atoms with van der Waals surface area (Å²) in [5.74, 6) is -0.520. The number of hydrogen-bond donors (Lipinski definition) is 1. The fourth-order valence-electron chi connectivity index (χ4n) is 1.76. The number of hydrogen-bond acceptors (Lipinski definition) is 4. The molecule has 0 aliphatic carbocycles. The van der Waals surface area contributed by atoms with Gasteiger partial charge in [-0.1, -0.05) is 6.07 Å². The first kappa shape index (κ1) is 13.7. The third-order valence-corrected chi connectivity index (χ3v) is 2.75. The highest BCUT2D eigenvalue weighted by Gasteiger charge is 2.07. The van der Waals surface area contributed by atoms with E-state index in [0.717, 1.165) is 6.07 Å². The van der Waals surface area contributed by atoms with E-state index >= 15 is 0 Å². The van der Waals surface area contributed by atoms with Crippen LogP contribution in [-0.2, 0) is 6.54 Å². The van der Waals surface area contributed by atoms with Gasteiger partial charge in [-0.15, -0.1) is 0 Å². The molecule has 0 saturated carbocycles. The quantitative estimate of drug-likeness (QED) is 0.920. The first-order valence-electron chi connectivity index (χ1n) is 6.13. The molecule has 1 heterocycles. The molecule has 0 amide bonds. The summed E-state index contributed by atoms with van der Waals surface area (Å²) < 4.78 is 14.9. The molecule has 20 heavy (non-hydrogen) atoms. The smallest absolute Gasteiger partial charge is 0.269 e. The Bertz CT molecular complexity index is 718. The standard InChI is InChI=1S/C14H13FN4O/c1-2-17-12-6-14(20)19(18-8-12)9-11-4-3-10(7-16)5-13(11)15/h3-6,8,17H,2,9H2,1H3. The van der Waals surface area contributed by atoms with Gasteiger partial charge in [0.1, 0.15) is 5.82 Å². The summed E-state index contributed by atoms with van der Waals surface area (Å²) in [5, 5.41) is 15.6. The Kier molecular flexibility index (Phi) is 4.11. The average molecular weight is 272 g/mol. The van der Waals surface area contributed by atoms with Crippen molar-refractivity contribution in [3.63, 3.8) is 0 Å². The van der Waals surface area contributed by atoms with Crippen LogP contribution in [0, 0.1) is 17.1 Å². The van der Waals surface area contributed by atoms with Crippen molar-refractivity contribution in [2.45, 2.75) is 13.5 Å². The number of nitrogens with one attached hydrogen (secondary N) is 1. The van der Waals surface area contributed by atoms with Crippen molar-refractivity contribution >= 4 is 5.69 Å². The lowest BCUT2D eigenvalue weighted by molar-refractivity contribution is 0.572. The molecule has 0 fully saturated rings. The number of anilines is 1. The van der Waals surface area contributed by atoms with E-state index < -0.39 is 5.82 Å². The molecule has 1 N–H and O–H groups in total. The third kappa shape index (κ3) is 3.01. The molecule has 0 spiro atoms. The maximum Gasteiger partial charge on any atom is 0.269 e. The summed E-state index contributed by atoms with van der Waals surface area (Å²) in [7, 11) is 0. The van der Waals surface area contributed by atoms with E-state index in [1.165, 1.54) is 29.1 Å². The van der Waals surface area contributed by atoms with Crippen molar-refractivity contribution in [1.82, 2.24) is 9.78 Å². The second-order valence-corrected chi connectivity index (χ2v) is 4.19. The first-order chi connectivity index (χ1) is 9.63. The fraction of sp³-hybridized carbons (Fsp3) is 0.214. The SMILES string of the molecule is CCNc1cnn(Cc2ccc(C#N)cc2F)c(=O)c1. The van der Waals surface area contributed by atoms with Gasteiger partial charge in [0.2, 0.25) is 0 Å². The summed E-state index contributed by atoms with van der Waals surface area (Å²) in [6, 6.07) is 7.42. The van der Waals surface area contributed by atoms with Crippen LogP contribution in [0.15, 0.2) is 35.3 Å². The van der Waals surface area contributed by atoms with E-state index in [-0.39, 0.29) is 17.7 Å². The largest absolute Gasteiger partial charge is 0.384 e. The van der Waals surface area contributed by atoms with Crippen LogP contribution in [0.25, 0.3) is 0 Å². The molecule has 0 bridgehead atoms. The van der Waals surface area contributed by atoms with Crippen LogP contribution in [0.5, 0.6) is 0 Å². The molecule has 0 saturated heterocycles. The normalized spacial score (nSPS) is 10.1. The Morgan fingerprint density at radius 2 is 2.25 bits per heavy atom. The molecule has 2 rings (SSSR count). The van der Waals surface area contributed by atoms with Crippen LogP contribution < -0.4 is 10.9 Å². The molecular weight excluding hydrogens is 259 g/mol. The number of rotatable bonds is 4. The summed E-state index contributed by atoms with van der Waals surface area (Å²) in [6.07, 6.45) is 1.52. The molecule has 1 aromatic heterocycles. The van der Waals surface area contributed by atoms with Crippen LogP contribution in [0.4, 0.5) is 10.1 Å². The van der Waals surface area contributed by atoms with Gasteiger partial charge in [0.05, 0.1) is 30.1 Å². The Morgan fingerprint density at radius 3 is 2.85 bits per heavy atom. The van der Waals surface area contributed by atoms with Gasteiger partial charge in [0, 0.05) is 18.2 Å². The van der Waals surface area contributed by atoms with Gasteiger partial charge in [-0.25, -0.2) is 9.07 Å². The van der Waals surface area contributed by atoms with E-state index in [4.69, 9.17) is 5.26 Å². The maximum absolute atomic E-state index is 13.7. The predicted octanol–water partition coefficient (Wildman–Crippen LogP) is 1.73. The second-order valence-electron chi connectivity index (χ2n) is 4.19. The van der Waals surface area contributed by atoms with Crippen molar-refractivity contribution < 1.29 is 4.39 Å². The van der Waals surface area contributed by atoms with E-state index in [0.29, 0.717) is 17.8 Å². The van der Waals surface area contributed by atoms with Gasteiger partial charge in [0.25, 0.3) is 5.56 Å². The molecule has 0 aliphatic heterocycles. The highest BCUT2D eigenvalue weighted by Crippen LogP contribution is 2.10. The van der Waals surface area contributed by atoms with E-state index in [1.54, 1.807) is 0 Å². The predicted molar refractivity (Wildman–Crippen MR) is 72.9 cm³/mol. The van der Waals surface area contributed by atoms with Crippen molar-refractivity contribution in [2.75, 3.05) is 11.9 Å². The van der Waals surface area contributed by atoms with Crippen molar-refractivity contribution in [1.29, 1.82) is 5.26 Å². The summed E-state index contributed by atoms with van der Waals surface area (Å²) in [5.41, 5.74) is 0.880. The summed E-state index contributed by atoms with van der Waals surface area (Å²) in [4.78, 5) is 11.8. The third-order valence-electron chi connectivity index (χ3n) is 2.75.